The Morgan fingerprint density at radius 3 is 0.847 bits per heavy atom. The van der Waals surface area contributed by atoms with Gasteiger partial charge in [0.15, 0.2) is 88.7 Å². The van der Waals surface area contributed by atoms with E-state index >= 15 is 35.1 Å². The molecule has 0 spiro atoms. The second kappa shape index (κ2) is 16.5. The van der Waals surface area contributed by atoms with Gasteiger partial charge in [-0.05, 0) is 12.1 Å². The molecule has 6 aromatic rings. The zero-order chi connectivity index (χ0) is 44.2. The Balaban J connectivity index is 0.000000395. The summed E-state index contributed by atoms with van der Waals surface area (Å²) in [6.07, 6.45) is -3.13. The molecule has 1 nitrogen and oxygen atoms in total. The molecular formula is C36H11BClF20N. The van der Waals surface area contributed by atoms with Crippen molar-refractivity contribution in [3.05, 3.63) is 182 Å². The summed E-state index contributed by atoms with van der Waals surface area (Å²) in [5.74, 6) is -71.4. The minimum absolute atomic E-state index is 0.791. The van der Waals surface area contributed by atoms with Crippen molar-refractivity contribution in [2.24, 2.45) is 0 Å². The first-order valence-corrected chi connectivity index (χ1v) is 15.8. The molecule has 310 valence electrons. The van der Waals surface area contributed by atoms with Crippen molar-refractivity contribution in [3.63, 3.8) is 0 Å². The summed E-state index contributed by atoms with van der Waals surface area (Å²) < 4.78 is 296. The lowest BCUT2D eigenvalue weighted by Crippen LogP contribution is -2.81. The van der Waals surface area contributed by atoms with E-state index in [4.69, 9.17) is 11.6 Å². The van der Waals surface area contributed by atoms with E-state index in [1.165, 1.54) is 5.56 Å². The highest BCUT2D eigenvalue weighted by Gasteiger charge is 2.52. The number of rotatable bonds is 6. The van der Waals surface area contributed by atoms with Crippen LogP contribution >= 0.6 is 11.6 Å². The summed E-state index contributed by atoms with van der Waals surface area (Å²) in [5, 5.41) is 0.791. The molecule has 1 heterocycles. The van der Waals surface area contributed by atoms with Gasteiger partial charge in [0.1, 0.15) is 52.7 Å². The van der Waals surface area contributed by atoms with E-state index in [0.717, 1.165) is 11.6 Å². The Bertz CT molecular complexity index is 2280. The van der Waals surface area contributed by atoms with Gasteiger partial charge in [-0.25, -0.2) is 92.4 Å². The van der Waals surface area contributed by atoms with Gasteiger partial charge in [-0.2, -0.15) is 0 Å². The summed E-state index contributed by atoms with van der Waals surface area (Å²) in [4.78, 5) is 0. The van der Waals surface area contributed by atoms with Crippen LogP contribution in [0.2, 0.25) is 5.02 Å². The Hall–Kier alpha value is -5.80. The SMILES string of the molecule is Clc1cccc(C[n+]2ccccc2)c1.Fc1c(F)c(F)c([B-](c2c(F)c(F)c(F)c(F)c2F)(c2c(F)c(F)c(F)c(F)c2F)c2c(F)c(F)c(F)c(F)c2F)c(F)c1F. The molecule has 0 aliphatic heterocycles. The average Bonchev–Trinajstić information content (AvgIpc) is 3.21. The molecule has 59 heavy (non-hydrogen) atoms. The predicted octanol–water partition coefficient (Wildman–Crippen LogP) is 8.52. The molecule has 0 atom stereocenters. The second-order valence-electron chi connectivity index (χ2n) is 12.0. The molecule has 0 aliphatic carbocycles. The number of aromatic nitrogens is 1. The molecule has 0 fully saturated rings. The van der Waals surface area contributed by atoms with E-state index in [9.17, 15) is 52.7 Å². The highest BCUT2D eigenvalue weighted by molar-refractivity contribution is 7.20. The van der Waals surface area contributed by atoms with Gasteiger partial charge in [0, 0.05) is 22.7 Å². The Labute approximate surface area is 320 Å². The van der Waals surface area contributed by atoms with Crippen molar-refractivity contribution in [3.8, 4) is 0 Å². The van der Waals surface area contributed by atoms with Gasteiger partial charge in [-0.1, -0.05) is 29.8 Å². The number of pyridine rings is 1. The van der Waals surface area contributed by atoms with Crippen molar-refractivity contribution < 1.29 is 92.4 Å². The molecule has 0 bridgehead atoms. The fourth-order valence-electron chi connectivity index (χ4n) is 6.26. The quantitative estimate of drug-likeness (QED) is 0.0520. The Kier molecular flexibility index (Phi) is 12.4. The first-order valence-electron chi connectivity index (χ1n) is 15.5. The van der Waals surface area contributed by atoms with Crippen LogP contribution in [0.1, 0.15) is 5.56 Å². The van der Waals surface area contributed by atoms with Crippen molar-refractivity contribution >= 4 is 39.6 Å². The maximum atomic E-state index is 15.4. The lowest BCUT2D eigenvalue weighted by atomic mass is 9.12. The van der Waals surface area contributed by atoms with Crippen LogP contribution in [-0.4, -0.2) is 6.15 Å². The van der Waals surface area contributed by atoms with Gasteiger partial charge in [-0.15, -0.1) is 21.9 Å². The normalized spacial score (nSPS) is 11.5. The number of hydrogen-bond donors (Lipinski definition) is 0. The van der Waals surface area contributed by atoms with E-state index in [2.05, 4.69) is 10.6 Å². The van der Waals surface area contributed by atoms with Crippen molar-refractivity contribution in [1.82, 2.24) is 0 Å². The summed E-state index contributed by atoms with van der Waals surface area (Å²) in [5.41, 5.74) is -13.1. The highest BCUT2D eigenvalue weighted by atomic mass is 35.5. The van der Waals surface area contributed by atoms with Crippen LogP contribution in [0.15, 0.2) is 54.9 Å². The van der Waals surface area contributed by atoms with Crippen LogP contribution in [0.4, 0.5) is 87.8 Å². The fraction of sp³-hybridized carbons (Fsp3) is 0.0278. The largest absolute Gasteiger partial charge is 0.207 e. The molecule has 23 heteroatoms. The summed E-state index contributed by atoms with van der Waals surface area (Å²) in [6, 6.07) is 14.0. The third kappa shape index (κ3) is 7.09. The molecular weight excluding hydrogens is 873 g/mol. The molecule has 0 saturated heterocycles. The van der Waals surface area contributed by atoms with Gasteiger partial charge in [0.25, 0.3) is 0 Å². The van der Waals surface area contributed by atoms with E-state index in [1.807, 2.05) is 48.8 Å². The zero-order valence-corrected chi connectivity index (χ0v) is 28.6. The van der Waals surface area contributed by atoms with Crippen LogP contribution in [0.3, 0.4) is 0 Å². The van der Waals surface area contributed by atoms with Crippen LogP contribution in [0, 0.1) is 116 Å². The first-order chi connectivity index (χ1) is 27.5. The fourth-order valence-corrected chi connectivity index (χ4v) is 6.47. The van der Waals surface area contributed by atoms with Gasteiger partial charge < -0.3 is 0 Å². The predicted molar refractivity (Wildman–Crippen MR) is 166 cm³/mol. The summed E-state index contributed by atoms with van der Waals surface area (Å²) in [6.45, 7) is 0.862. The molecule has 6 rings (SSSR count). The Morgan fingerprint density at radius 2 is 0.593 bits per heavy atom. The van der Waals surface area contributed by atoms with Crippen LogP contribution in [0.5, 0.6) is 0 Å². The smallest absolute Gasteiger partial charge is 0.200 e. The van der Waals surface area contributed by atoms with E-state index in [0.29, 0.717) is 0 Å². The van der Waals surface area contributed by atoms with Gasteiger partial charge in [-0.3, -0.25) is 0 Å². The van der Waals surface area contributed by atoms with Crippen molar-refractivity contribution in [2.45, 2.75) is 6.54 Å². The van der Waals surface area contributed by atoms with Crippen molar-refractivity contribution in [1.29, 1.82) is 0 Å². The first kappa shape index (κ1) is 44.3. The van der Waals surface area contributed by atoms with Gasteiger partial charge >= 0.3 is 0 Å². The van der Waals surface area contributed by atoms with Crippen LogP contribution in [0.25, 0.3) is 0 Å². The molecule has 5 aromatic carbocycles. The molecule has 0 radical (unpaired) electrons. The lowest BCUT2D eigenvalue weighted by Gasteiger charge is -2.44. The topological polar surface area (TPSA) is 3.88 Å². The molecule has 0 aliphatic rings. The van der Waals surface area contributed by atoms with E-state index < -0.39 is 144 Å². The van der Waals surface area contributed by atoms with Crippen molar-refractivity contribution in [2.75, 3.05) is 0 Å². The standard InChI is InChI=1S/C24BF20.C12H11ClN/c26-5-1(6(27)14(35)21(42)13(5)34)25(2-7(28)15(36)22(43)16(37)8(2)29,3-9(30)17(38)23(44)18(39)10(3)31)4-11(32)19(40)24(45)20(41)12(4)33;13-12-6-4-5-11(9-12)10-14-7-2-1-3-8-14/h;1-9H,10H2/q-1;+1. The summed E-state index contributed by atoms with van der Waals surface area (Å²) >= 11 is 5.90. The van der Waals surface area contributed by atoms with Crippen LogP contribution < -0.4 is 26.4 Å². The summed E-state index contributed by atoms with van der Waals surface area (Å²) in [7, 11) is 0. The third-order valence-corrected chi connectivity index (χ3v) is 8.97. The number of hydrogen-bond acceptors (Lipinski definition) is 0. The number of benzene rings is 5. The van der Waals surface area contributed by atoms with Crippen LogP contribution in [-0.2, 0) is 6.54 Å². The molecule has 0 saturated carbocycles. The molecule has 0 amide bonds. The molecule has 1 aromatic heterocycles. The molecule has 0 N–H and O–H groups in total. The maximum absolute atomic E-state index is 15.4. The minimum Gasteiger partial charge on any atom is -0.207 e. The monoisotopic (exact) mass is 883 g/mol. The number of halogens is 21. The van der Waals surface area contributed by atoms with Gasteiger partial charge in [0.05, 0.1) is 0 Å². The third-order valence-electron chi connectivity index (χ3n) is 8.74. The Morgan fingerprint density at radius 1 is 0.339 bits per heavy atom. The maximum Gasteiger partial charge on any atom is 0.200 e. The van der Waals surface area contributed by atoms with E-state index in [1.54, 1.807) is 0 Å². The average molecular weight is 884 g/mol. The van der Waals surface area contributed by atoms with Gasteiger partial charge in [0.2, 0.25) is 0 Å². The molecule has 0 unspecified atom stereocenters. The lowest BCUT2D eigenvalue weighted by molar-refractivity contribution is -0.688. The number of nitrogens with zero attached hydrogens (tertiary/aromatic N) is 1. The second-order valence-corrected chi connectivity index (χ2v) is 12.4. The zero-order valence-electron chi connectivity index (χ0n) is 27.9. The van der Waals surface area contributed by atoms with E-state index in [-0.39, 0.29) is 0 Å². The highest BCUT2D eigenvalue weighted by Crippen LogP contribution is 2.30. The minimum atomic E-state index is -7.22.